The summed E-state index contributed by atoms with van der Waals surface area (Å²) in [7, 11) is 0. The molecule has 0 saturated heterocycles. The van der Waals surface area contributed by atoms with Gasteiger partial charge in [0.1, 0.15) is 11.6 Å². The van der Waals surface area contributed by atoms with Crippen molar-refractivity contribution >= 4 is 34.6 Å². The van der Waals surface area contributed by atoms with Crippen molar-refractivity contribution in [3.8, 4) is 0 Å². The zero-order chi connectivity index (χ0) is 21.8. The third-order valence-electron chi connectivity index (χ3n) is 4.44. The highest BCUT2D eigenvalue weighted by Crippen LogP contribution is 2.28. The molecule has 0 spiro atoms. The summed E-state index contributed by atoms with van der Waals surface area (Å²) in [5, 5.41) is 9.41. The molecule has 2 rings (SSSR count). The molecule has 2 aromatic rings. The second-order valence-electron chi connectivity index (χ2n) is 9.23. The van der Waals surface area contributed by atoms with Crippen LogP contribution in [0.5, 0.6) is 0 Å². The Morgan fingerprint density at radius 3 is 2.24 bits per heavy atom. The monoisotopic (exact) mass is 417 g/mol. The van der Waals surface area contributed by atoms with Gasteiger partial charge in [-0.1, -0.05) is 26.8 Å². The van der Waals surface area contributed by atoms with Crippen molar-refractivity contribution in [3.63, 3.8) is 0 Å². The standard InChI is InChI=1S/C22H31N3O3S/c1-21(2,3)18-14-19(25(24-18)22(4,5)6)23-20(28)12-10-15(26)9-11-16(27)17-8-7-13-29-17/h7-8,13-14H,9-12H2,1-6H3,(H,23,28). The van der Waals surface area contributed by atoms with E-state index in [1.807, 2.05) is 43.0 Å². The number of aromatic nitrogens is 2. The van der Waals surface area contributed by atoms with Gasteiger partial charge in [0.15, 0.2) is 5.78 Å². The number of hydrogen-bond acceptors (Lipinski definition) is 5. The molecule has 1 N–H and O–H groups in total. The van der Waals surface area contributed by atoms with Crippen LogP contribution in [0.25, 0.3) is 0 Å². The Morgan fingerprint density at radius 1 is 1.03 bits per heavy atom. The Balaban J connectivity index is 1.91. The predicted molar refractivity (Wildman–Crippen MR) is 117 cm³/mol. The number of amides is 1. The Bertz CT molecular complexity index is 868. The Morgan fingerprint density at radius 2 is 1.69 bits per heavy atom. The number of anilines is 1. The molecule has 0 aromatic carbocycles. The van der Waals surface area contributed by atoms with Crippen molar-refractivity contribution in [1.82, 2.24) is 9.78 Å². The summed E-state index contributed by atoms with van der Waals surface area (Å²) in [4.78, 5) is 37.1. The fraction of sp³-hybridized carbons (Fsp3) is 0.545. The molecule has 158 valence electrons. The van der Waals surface area contributed by atoms with Gasteiger partial charge >= 0.3 is 0 Å². The third-order valence-corrected chi connectivity index (χ3v) is 5.35. The molecular formula is C22H31N3O3S. The second kappa shape index (κ2) is 9.03. The number of nitrogens with one attached hydrogen (secondary N) is 1. The van der Waals surface area contributed by atoms with Gasteiger partial charge in [0.25, 0.3) is 0 Å². The third kappa shape index (κ3) is 6.63. The predicted octanol–water partition coefficient (Wildman–Crippen LogP) is 4.95. The number of rotatable bonds is 8. The van der Waals surface area contributed by atoms with E-state index in [1.54, 1.807) is 6.07 Å². The van der Waals surface area contributed by atoms with Crippen LogP contribution >= 0.6 is 11.3 Å². The highest BCUT2D eigenvalue weighted by atomic mass is 32.1. The van der Waals surface area contributed by atoms with E-state index < -0.39 is 0 Å². The van der Waals surface area contributed by atoms with Crippen molar-refractivity contribution in [1.29, 1.82) is 0 Å². The van der Waals surface area contributed by atoms with Crippen LogP contribution in [0.2, 0.25) is 0 Å². The Hall–Kier alpha value is -2.28. The summed E-state index contributed by atoms with van der Waals surface area (Å²) in [6.45, 7) is 12.3. The SMILES string of the molecule is CC(C)(C)c1cc(NC(=O)CCC(=O)CCC(=O)c2cccs2)n(C(C)(C)C)n1. The quantitative estimate of drug-likeness (QED) is 0.616. The van der Waals surface area contributed by atoms with E-state index >= 15 is 0 Å². The maximum Gasteiger partial charge on any atom is 0.225 e. The average Bonchev–Trinajstić information content (AvgIpc) is 3.26. The number of hydrogen-bond donors (Lipinski definition) is 1. The van der Waals surface area contributed by atoms with E-state index in [9.17, 15) is 14.4 Å². The topological polar surface area (TPSA) is 81.1 Å². The first-order chi connectivity index (χ1) is 13.4. The van der Waals surface area contributed by atoms with E-state index in [1.165, 1.54) is 11.3 Å². The van der Waals surface area contributed by atoms with Crippen LogP contribution in [-0.4, -0.2) is 27.3 Å². The zero-order valence-corrected chi connectivity index (χ0v) is 19.0. The molecule has 0 fully saturated rings. The molecule has 0 radical (unpaired) electrons. The van der Waals surface area contributed by atoms with Gasteiger partial charge in [-0.25, -0.2) is 4.68 Å². The fourth-order valence-electron chi connectivity index (χ4n) is 2.74. The minimum Gasteiger partial charge on any atom is -0.311 e. The van der Waals surface area contributed by atoms with Crippen LogP contribution in [-0.2, 0) is 20.5 Å². The molecule has 0 aliphatic carbocycles. The van der Waals surface area contributed by atoms with Crippen LogP contribution in [0.1, 0.15) is 82.6 Å². The minimum atomic E-state index is -0.288. The van der Waals surface area contributed by atoms with E-state index in [4.69, 9.17) is 0 Å². The molecule has 0 aliphatic rings. The lowest BCUT2D eigenvalue weighted by Gasteiger charge is -2.23. The Labute approximate surface area is 176 Å². The molecule has 0 aliphatic heterocycles. The van der Waals surface area contributed by atoms with Crippen molar-refractivity contribution in [2.75, 3.05) is 5.32 Å². The second-order valence-corrected chi connectivity index (χ2v) is 10.2. The lowest BCUT2D eigenvalue weighted by Crippen LogP contribution is -2.27. The van der Waals surface area contributed by atoms with Crippen molar-refractivity contribution in [2.45, 2.75) is 78.2 Å². The number of thiophene rings is 1. The number of Topliss-reactive ketones (excluding diaryl/α,β-unsaturated/α-hetero) is 2. The average molecular weight is 418 g/mol. The summed E-state index contributed by atoms with van der Waals surface area (Å²) in [6.07, 6.45) is 0.566. The molecule has 0 saturated carbocycles. The van der Waals surface area contributed by atoms with Crippen LogP contribution < -0.4 is 5.32 Å². The van der Waals surface area contributed by atoms with Crippen LogP contribution in [0.4, 0.5) is 5.82 Å². The first-order valence-electron chi connectivity index (χ1n) is 9.87. The number of nitrogens with zero attached hydrogens (tertiary/aromatic N) is 2. The minimum absolute atomic E-state index is 0.0263. The summed E-state index contributed by atoms with van der Waals surface area (Å²) < 4.78 is 1.81. The maximum absolute atomic E-state index is 12.4. The van der Waals surface area contributed by atoms with Crippen molar-refractivity contribution in [2.24, 2.45) is 0 Å². The van der Waals surface area contributed by atoms with Crippen molar-refractivity contribution < 1.29 is 14.4 Å². The van der Waals surface area contributed by atoms with Gasteiger partial charge in [-0.15, -0.1) is 11.3 Å². The highest BCUT2D eigenvalue weighted by Gasteiger charge is 2.25. The van der Waals surface area contributed by atoms with E-state index in [0.717, 1.165) is 5.69 Å². The van der Waals surface area contributed by atoms with E-state index in [-0.39, 0.29) is 54.1 Å². The normalized spacial score (nSPS) is 12.1. The molecule has 0 atom stereocenters. The number of carbonyl (C=O) groups is 3. The first-order valence-corrected chi connectivity index (χ1v) is 10.7. The van der Waals surface area contributed by atoms with Gasteiger partial charge < -0.3 is 5.32 Å². The molecule has 2 heterocycles. The van der Waals surface area contributed by atoms with Gasteiger partial charge in [-0.05, 0) is 32.2 Å². The summed E-state index contributed by atoms with van der Waals surface area (Å²) in [5.41, 5.74) is 0.469. The molecule has 7 heteroatoms. The molecule has 0 bridgehead atoms. The fourth-order valence-corrected chi connectivity index (χ4v) is 3.44. The highest BCUT2D eigenvalue weighted by molar-refractivity contribution is 7.12. The van der Waals surface area contributed by atoms with Gasteiger partial charge in [-0.3, -0.25) is 14.4 Å². The molecule has 6 nitrogen and oxygen atoms in total. The van der Waals surface area contributed by atoms with Crippen LogP contribution in [0, 0.1) is 0 Å². The lowest BCUT2D eigenvalue weighted by atomic mass is 9.92. The summed E-state index contributed by atoms with van der Waals surface area (Å²) >= 11 is 1.38. The van der Waals surface area contributed by atoms with Gasteiger partial charge in [0.05, 0.1) is 16.1 Å². The lowest BCUT2D eigenvalue weighted by molar-refractivity contribution is -0.122. The first kappa shape index (κ1) is 23.0. The molecular weight excluding hydrogens is 386 g/mol. The molecule has 2 aromatic heterocycles. The summed E-state index contributed by atoms with van der Waals surface area (Å²) in [5.74, 6) is 0.299. The smallest absolute Gasteiger partial charge is 0.225 e. The van der Waals surface area contributed by atoms with E-state index in [0.29, 0.717) is 10.7 Å². The number of carbonyl (C=O) groups excluding carboxylic acids is 3. The largest absolute Gasteiger partial charge is 0.311 e. The van der Waals surface area contributed by atoms with Crippen LogP contribution in [0.3, 0.4) is 0 Å². The summed E-state index contributed by atoms with van der Waals surface area (Å²) in [6, 6.07) is 5.47. The number of ketones is 2. The Kier molecular flexibility index (Phi) is 7.16. The van der Waals surface area contributed by atoms with Crippen molar-refractivity contribution in [3.05, 3.63) is 34.2 Å². The van der Waals surface area contributed by atoms with Gasteiger partial charge in [0.2, 0.25) is 5.91 Å². The molecule has 1 amide bonds. The van der Waals surface area contributed by atoms with Gasteiger partial charge in [-0.2, -0.15) is 5.10 Å². The molecule has 29 heavy (non-hydrogen) atoms. The maximum atomic E-state index is 12.4. The van der Waals surface area contributed by atoms with Gasteiger partial charge in [0, 0.05) is 37.2 Å². The van der Waals surface area contributed by atoms with E-state index in [2.05, 4.69) is 31.2 Å². The van der Waals surface area contributed by atoms with Crippen LogP contribution in [0.15, 0.2) is 23.6 Å². The zero-order valence-electron chi connectivity index (χ0n) is 18.2. The molecule has 0 unspecified atom stereocenters.